The first-order chi connectivity index (χ1) is 14.5. The molecule has 2 aliphatic heterocycles. The highest BCUT2D eigenvalue weighted by molar-refractivity contribution is 9.10. The number of unbranched alkanes of at least 4 members (excludes halogenated alkanes) is 1. The lowest BCUT2D eigenvalue weighted by Crippen LogP contribution is -2.35. The maximum absolute atomic E-state index is 13.5. The molecule has 4 rings (SSSR count). The van der Waals surface area contributed by atoms with Crippen LogP contribution in [0.15, 0.2) is 35.3 Å². The first-order valence-electron chi connectivity index (χ1n) is 9.98. The van der Waals surface area contributed by atoms with Crippen molar-refractivity contribution < 1.29 is 23.7 Å². The van der Waals surface area contributed by atoms with Gasteiger partial charge in [-0.1, -0.05) is 19.9 Å². The Morgan fingerprint density at radius 3 is 2.87 bits per heavy atom. The van der Waals surface area contributed by atoms with Crippen LogP contribution in [-0.4, -0.2) is 37.9 Å². The first-order valence-corrected chi connectivity index (χ1v) is 10.8. The van der Waals surface area contributed by atoms with Gasteiger partial charge in [0, 0.05) is 22.3 Å². The van der Waals surface area contributed by atoms with Gasteiger partial charge >= 0.3 is 0 Å². The Hall–Kier alpha value is -2.67. The molecule has 7 heteroatoms. The number of ether oxygens (including phenoxy) is 4. The van der Waals surface area contributed by atoms with Crippen LogP contribution in [0, 0.1) is 0 Å². The zero-order valence-corrected chi connectivity index (χ0v) is 18.7. The fourth-order valence-electron chi connectivity index (χ4n) is 3.70. The highest BCUT2D eigenvalue weighted by atomic mass is 79.9. The van der Waals surface area contributed by atoms with E-state index in [1.807, 2.05) is 12.1 Å². The first kappa shape index (κ1) is 20.6. The highest BCUT2D eigenvalue weighted by Crippen LogP contribution is 2.42. The Bertz CT molecular complexity index is 1000. The van der Waals surface area contributed by atoms with E-state index in [9.17, 15) is 4.79 Å². The van der Waals surface area contributed by atoms with Gasteiger partial charge in [0.1, 0.15) is 5.56 Å². The molecule has 1 amide bonds. The number of hydrogen-bond donors (Lipinski definition) is 0. The summed E-state index contributed by atoms with van der Waals surface area (Å²) >= 11 is 3.49. The molecule has 0 N–H and O–H groups in total. The highest BCUT2D eigenvalue weighted by Gasteiger charge is 2.32. The quantitative estimate of drug-likeness (QED) is 0.550. The molecule has 0 atom stereocenters. The number of methoxy groups -OCH3 is 1. The van der Waals surface area contributed by atoms with Gasteiger partial charge in [-0.15, -0.1) is 0 Å². The van der Waals surface area contributed by atoms with E-state index in [0.717, 1.165) is 24.0 Å². The molecule has 0 radical (unpaired) electrons. The number of amides is 1. The van der Waals surface area contributed by atoms with Gasteiger partial charge in [0.2, 0.25) is 6.79 Å². The fraction of sp³-hybridized carbons (Fsp3) is 0.348. The predicted octanol–water partition coefficient (Wildman–Crippen LogP) is 5.03. The average molecular weight is 474 g/mol. The Labute approximate surface area is 184 Å². The van der Waals surface area contributed by atoms with E-state index in [1.165, 1.54) is 0 Å². The molecular weight excluding hydrogens is 450 g/mol. The van der Waals surface area contributed by atoms with E-state index >= 15 is 0 Å². The van der Waals surface area contributed by atoms with Crippen molar-refractivity contribution in [2.24, 2.45) is 0 Å². The van der Waals surface area contributed by atoms with Gasteiger partial charge in [-0.05, 0) is 58.6 Å². The number of benzene rings is 2. The van der Waals surface area contributed by atoms with Crippen LogP contribution in [0.25, 0.3) is 5.70 Å². The van der Waals surface area contributed by atoms with Crippen LogP contribution in [0.4, 0.5) is 0 Å². The second-order valence-corrected chi connectivity index (χ2v) is 8.03. The predicted molar refractivity (Wildman–Crippen MR) is 117 cm³/mol. The Balaban J connectivity index is 1.66. The molecule has 2 heterocycles. The molecule has 158 valence electrons. The second-order valence-electron chi connectivity index (χ2n) is 7.17. The van der Waals surface area contributed by atoms with Gasteiger partial charge in [-0.25, -0.2) is 0 Å². The van der Waals surface area contributed by atoms with E-state index in [-0.39, 0.29) is 12.7 Å². The molecule has 0 aliphatic carbocycles. The molecule has 0 saturated carbocycles. The number of carbonyl (C=O) groups excluding carboxylic acids is 1. The maximum atomic E-state index is 13.5. The smallest absolute Gasteiger partial charge is 0.263 e. The summed E-state index contributed by atoms with van der Waals surface area (Å²) in [5.41, 5.74) is 3.05. The van der Waals surface area contributed by atoms with Crippen molar-refractivity contribution in [3.8, 4) is 23.0 Å². The summed E-state index contributed by atoms with van der Waals surface area (Å²) in [6.45, 7) is 7.57. The molecule has 2 aromatic carbocycles. The van der Waals surface area contributed by atoms with Gasteiger partial charge in [0.05, 0.1) is 13.7 Å². The van der Waals surface area contributed by atoms with Crippen molar-refractivity contribution in [3.05, 3.63) is 52.0 Å². The van der Waals surface area contributed by atoms with Crippen LogP contribution in [0.2, 0.25) is 0 Å². The normalized spacial score (nSPS) is 14.5. The summed E-state index contributed by atoms with van der Waals surface area (Å²) in [4.78, 5) is 15.2. The van der Waals surface area contributed by atoms with Crippen molar-refractivity contribution in [2.75, 3.05) is 27.1 Å². The molecule has 0 fully saturated rings. The molecule has 30 heavy (non-hydrogen) atoms. The van der Waals surface area contributed by atoms with Gasteiger partial charge < -0.3 is 23.8 Å². The number of nitrogens with zero attached hydrogens (tertiary/aromatic N) is 1. The van der Waals surface area contributed by atoms with Crippen molar-refractivity contribution in [1.29, 1.82) is 0 Å². The van der Waals surface area contributed by atoms with Gasteiger partial charge in [0.15, 0.2) is 23.0 Å². The minimum Gasteiger partial charge on any atom is -0.493 e. The Morgan fingerprint density at radius 2 is 2.10 bits per heavy atom. The average Bonchev–Trinajstić information content (AvgIpc) is 3.22. The van der Waals surface area contributed by atoms with Gasteiger partial charge in [-0.2, -0.15) is 0 Å². The minimum absolute atomic E-state index is 0.105. The Morgan fingerprint density at radius 1 is 1.27 bits per heavy atom. The fourth-order valence-corrected chi connectivity index (χ4v) is 4.18. The monoisotopic (exact) mass is 473 g/mol. The minimum atomic E-state index is -0.177. The molecule has 2 aromatic rings. The lowest BCUT2D eigenvalue weighted by molar-refractivity contribution is 0.0827. The van der Waals surface area contributed by atoms with Crippen LogP contribution >= 0.6 is 15.9 Å². The largest absolute Gasteiger partial charge is 0.493 e. The summed E-state index contributed by atoms with van der Waals surface area (Å²) in [6, 6.07) is 7.49. The number of fused-ring (bicyclic) bond motifs is 2. The number of carbonyl (C=O) groups is 1. The van der Waals surface area contributed by atoms with E-state index in [0.29, 0.717) is 58.3 Å². The third-order valence-corrected chi connectivity index (χ3v) is 5.99. The molecule has 0 bridgehead atoms. The second kappa shape index (κ2) is 8.60. The van der Waals surface area contributed by atoms with Crippen LogP contribution < -0.4 is 18.9 Å². The Kier molecular flexibility index (Phi) is 5.90. The zero-order valence-electron chi connectivity index (χ0n) is 17.1. The molecule has 0 aromatic heterocycles. The summed E-state index contributed by atoms with van der Waals surface area (Å²) in [7, 11) is 1.64. The number of halogens is 1. The van der Waals surface area contributed by atoms with Crippen LogP contribution in [0.5, 0.6) is 23.0 Å². The molecule has 0 spiro atoms. The third-order valence-electron chi connectivity index (χ3n) is 5.33. The summed E-state index contributed by atoms with van der Waals surface area (Å²) in [6.07, 6.45) is 2.70. The standard InChI is InChI=1S/C23H24BrNO5/c1-4-5-10-28-20-12-16-14(2)25(9-8-15(16)11-19(20)27-3)23(26)21-17(24)6-7-18-22(21)30-13-29-18/h6-7,11-12H,2,4-5,8-10,13H2,1,3H3. The van der Waals surface area contributed by atoms with Gasteiger partial charge in [0.25, 0.3) is 5.91 Å². The van der Waals surface area contributed by atoms with Crippen LogP contribution in [0.3, 0.4) is 0 Å². The topological polar surface area (TPSA) is 57.2 Å². The lowest BCUT2D eigenvalue weighted by Gasteiger charge is -2.32. The summed E-state index contributed by atoms with van der Waals surface area (Å²) in [5, 5.41) is 0. The summed E-state index contributed by atoms with van der Waals surface area (Å²) < 4.78 is 23.1. The van der Waals surface area contributed by atoms with Crippen molar-refractivity contribution in [3.63, 3.8) is 0 Å². The van der Waals surface area contributed by atoms with E-state index in [4.69, 9.17) is 18.9 Å². The molecular formula is C23H24BrNO5. The van der Waals surface area contributed by atoms with E-state index < -0.39 is 0 Å². The molecule has 0 saturated heterocycles. The number of hydrogen-bond acceptors (Lipinski definition) is 5. The van der Waals surface area contributed by atoms with Crippen LogP contribution in [-0.2, 0) is 6.42 Å². The number of rotatable bonds is 6. The van der Waals surface area contributed by atoms with Crippen molar-refractivity contribution in [1.82, 2.24) is 4.90 Å². The zero-order chi connectivity index (χ0) is 21.3. The van der Waals surface area contributed by atoms with Crippen LogP contribution in [0.1, 0.15) is 41.3 Å². The summed E-state index contributed by atoms with van der Waals surface area (Å²) in [5.74, 6) is 2.22. The molecule has 6 nitrogen and oxygen atoms in total. The van der Waals surface area contributed by atoms with Gasteiger partial charge in [-0.3, -0.25) is 4.79 Å². The third kappa shape index (κ3) is 3.62. The molecule has 0 unspecified atom stereocenters. The van der Waals surface area contributed by atoms with E-state index in [2.05, 4.69) is 29.4 Å². The SMILES string of the molecule is C=C1c2cc(OCCCC)c(OC)cc2CCN1C(=O)c1c(Br)ccc2c1OCO2. The van der Waals surface area contributed by atoms with Crippen molar-refractivity contribution in [2.45, 2.75) is 26.2 Å². The molecule has 2 aliphatic rings. The lowest BCUT2D eigenvalue weighted by atomic mass is 9.95. The van der Waals surface area contributed by atoms with E-state index in [1.54, 1.807) is 24.1 Å². The maximum Gasteiger partial charge on any atom is 0.263 e. The van der Waals surface area contributed by atoms with Crippen molar-refractivity contribution >= 4 is 27.5 Å².